The number of fused-ring (bicyclic) bond motifs is 1. The number of rotatable bonds is 6. The summed E-state index contributed by atoms with van der Waals surface area (Å²) in [6, 6.07) is 1.69. The van der Waals surface area contributed by atoms with Crippen LogP contribution in [-0.4, -0.2) is 28.5 Å². The van der Waals surface area contributed by atoms with Crippen LogP contribution in [0.3, 0.4) is 0 Å². The number of carboxylic acid groups (broad SMARTS) is 1. The predicted molar refractivity (Wildman–Crippen MR) is 77.5 cm³/mol. The van der Waals surface area contributed by atoms with E-state index in [-0.39, 0.29) is 23.5 Å². The standard InChI is InChI=1S/C15H20N2O4/c18-13(19)7-3-4-8-16-14(20)11-9-10-5-1-2-6-12(10)17-15(11)21/h9H,1-8H2,(H,16,20)(H,17,21)(H,18,19). The average molecular weight is 292 g/mol. The molecule has 0 unspecified atom stereocenters. The van der Waals surface area contributed by atoms with Gasteiger partial charge in [-0.25, -0.2) is 0 Å². The van der Waals surface area contributed by atoms with E-state index in [4.69, 9.17) is 5.11 Å². The van der Waals surface area contributed by atoms with Gasteiger partial charge in [0.2, 0.25) is 0 Å². The maximum Gasteiger partial charge on any atom is 0.303 e. The summed E-state index contributed by atoms with van der Waals surface area (Å²) in [5.74, 6) is -1.23. The summed E-state index contributed by atoms with van der Waals surface area (Å²) >= 11 is 0. The van der Waals surface area contributed by atoms with Crippen molar-refractivity contribution in [2.45, 2.75) is 44.9 Å². The molecule has 1 aliphatic carbocycles. The number of aromatic amines is 1. The molecule has 2 rings (SSSR count). The Labute approximate surface area is 122 Å². The van der Waals surface area contributed by atoms with E-state index in [0.29, 0.717) is 19.4 Å². The van der Waals surface area contributed by atoms with Gasteiger partial charge >= 0.3 is 5.97 Å². The zero-order chi connectivity index (χ0) is 15.2. The second-order valence-electron chi connectivity index (χ2n) is 5.33. The number of pyridine rings is 1. The Balaban J connectivity index is 1.93. The molecule has 0 fully saturated rings. The lowest BCUT2D eigenvalue weighted by molar-refractivity contribution is -0.137. The van der Waals surface area contributed by atoms with E-state index in [1.54, 1.807) is 6.07 Å². The summed E-state index contributed by atoms with van der Waals surface area (Å²) < 4.78 is 0. The number of carbonyl (C=O) groups is 2. The highest BCUT2D eigenvalue weighted by molar-refractivity contribution is 5.94. The van der Waals surface area contributed by atoms with E-state index in [0.717, 1.165) is 36.9 Å². The Bertz CT molecular complexity index is 592. The van der Waals surface area contributed by atoms with Crippen LogP contribution in [0.1, 0.15) is 53.7 Å². The van der Waals surface area contributed by atoms with Crippen molar-refractivity contribution in [2.24, 2.45) is 0 Å². The van der Waals surface area contributed by atoms with Gasteiger partial charge in [-0.3, -0.25) is 14.4 Å². The molecule has 1 aromatic rings. The molecule has 0 aliphatic heterocycles. The molecule has 3 N–H and O–H groups in total. The van der Waals surface area contributed by atoms with Gasteiger partial charge in [-0.05, 0) is 50.2 Å². The summed E-state index contributed by atoms with van der Waals surface area (Å²) in [5.41, 5.74) is 1.80. The van der Waals surface area contributed by atoms with Gasteiger partial charge in [-0.15, -0.1) is 0 Å². The van der Waals surface area contributed by atoms with Crippen LogP contribution in [0.25, 0.3) is 0 Å². The van der Waals surface area contributed by atoms with Crippen molar-refractivity contribution in [1.29, 1.82) is 0 Å². The van der Waals surface area contributed by atoms with Crippen LogP contribution in [-0.2, 0) is 17.6 Å². The minimum absolute atomic E-state index is 0.0926. The number of aromatic nitrogens is 1. The predicted octanol–water partition coefficient (Wildman–Crippen LogP) is 1.24. The molecule has 1 aromatic heterocycles. The highest BCUT2D eigenvalue weighted by Crippen LogP contribution is 2.18. The molecule has 1 amide bonds. The molecular weight excluding hydrogens is 272 g/mol. The molecule has 1 heterocycles. The van der Waals surface area contributed by atoms with Gasteiger partial charge < -0.3 is 15.4 Å². The fourth-order valence-electron chi connectivity index (χ4n) is 2.54. The van der Waals surface area contributed by atoms with Crippen LogP contribution in [0.5, 0.6) is 0 Å². The molecule has 0 aromatic carbocycles. The largest absolute Gasteiger partial charge is 0.481 e. The van der Waals surface area contributed by atoms with Gasteiger partial charge in [-0.1, -0.05) is 0 Å². The van der Waals surface area contributed by atoms with E-state index < -0.39 is 5.97 Å². The van der Waals surface area contributed by atoms with Crippen LogP contribution >= 0.6 is 0 Å². The third-order valence-corrected chi connectivity index (χ3v) is 3.69. The molecule has 0 atom stereocenters. The molecule has 1 aliphatic rings. The van der Waals surface area contributed by atoms with E-state index in [9.17, 15) is 14.4 Å². The van der Waals surface area contributed by atoms with Gasteiger partial charge in [0.1, 0.15) is 5.56 Å². The van der Waals surface area contributed by atoms with Gasteiger partial charge in [0.15, 0.2) is 0 Å². The normalized spacial score (nSPS) is 13.5. The molecule has 0 radical (unpaired) electrons. The van der Waals surface area contributed by atoms with Crippen LogP contribution in [0.15, 0.2) is 10.9 Å². The third kappa shape index (κ3) is 4.18. The Morgan fingerprint density at radius 1 is 1.24 bits per heavy atom. The lowest BCUT2D eigenvalue weighted by Crippen LogP contribution is -2.31. The Morgan fingerprint density at radius 2 is 2.00 bits per heavy atom. The number of aryl methyl sites for hydroxylation is 2. The number of nitrogens with one attached hydrogen (secondary N) is 2. The van der Waals surface area contributed by atoms with Crippen molar-refractivity contribution in [2.75, 3.05) is 6.54 Å². The van der Waals surface area contributed by atoms with E-state index >= 15 is 0 Å². The van der Waals surface area contributed by atoms with Crippen LogP contribution in [0.2, 0.25) is 0 Å². The van der Waals surface area contributed by atoms with Crippen LogP contribution in [0.4, 0.5) is 0 Å². The smallest absolute Gasteiger partial charge is 0.303 e. The maximum atomic E-state index is 12.0. The quantitative estimate of drug-likeness (QED) is 0.687. The minimum atomic E-state index is -0.840. The second-order valence-corrected chi connectivity index (χ2v) is 5.33. The van der Waals surface area contributed by atoms with Crippen molar-refractivity contribution in [3.05, 3.63) is 33.2 Å². The van der Waals surface area contributed by atoms with Gasteiger partial charge in [0, 0.05) is 18.7 Å². The first-order valence-corrected chi connectivity index (χ1v) is 7.33. The molecule has 114 valence electrons. The minimum Gasteiger partial charge on any atom is -0.481 e. The van der Waals surface area contributed by atoms with Gasteiger partial charge in [0.25, 0.3) is 11.5 Å². The maximum absolute atomic E-state index is 12.0. The molecule has 0 saturated heterocycles. The van der Waals surface area contributed by atoms with Gasteiger partial charge in [-0.2, -0.15) is 0 Å². The number of H-pyrrole nitrogens is 1. The SMILES string of the molecule is O=C(O)CCCCNC(=O)c1cc2c([nH]c1=O)CCCC2. The third-order valence-electron chi connectivity index (χ3n) is 3.69. The molecule has 6 nitrogen and oxygen atoms in total. The topological polar surface area (TPSA) is 99.3 Å². The summed E-state index contributed by atoms with van der Waals surface area (Å²) in [6.07, 6.45) is 5.09. The highest BCUT2D eigenvalue weighted by atomic mass is 16.4. The van der Waals surface area contributed by atoms with Crippen LogP contribution < -0.4 is 10.9 Å². The molecule has 21 heavy (non-hydrogen) atoms. The van der Waals surface area contributed by atoms with Gasteiger partial charge in [0.05, 0.1) is 0 Å². The average Bonchev–Trinajstić information content (AvgIpc) is 2.45. The van der Waals surface area contributed by atoms with E-state index in [2.05, 4.69) is 10.3 Å². The van der Waals surface area contributed by atoms with Crippen molar-refractivity contribution >= 4 is 11.9 Å². The Hall–Kier alpha value is -2.11. The summed E-state index contributed by atoms with van der Waals surface area (Å²) in [6.45, 7) is 0.378. The fraction of sp³-hybridized carbons (Fsp3) is 0.533. The van der Waals surface area contributed by atoms with Crippen molar-refractivity contribution in [3.8, 4) is 0 Å². The number of carboxylic acids is 1. The monoisotopic (exact) mass is 292 g/mol. The van der Waals surface area contributed by atoms with E-state index in [1.165, 1.54) is 0 Å². The number of hydrogen-bond donors (Lipinski definition) is 3. The molecule has 0 saturated carbocycles. The fourth-order valence-corrected chi connectivity index (χ4v) is 2.54. The summed E-state index contributed by atoms with van der Waals surface area (Å²) in [4.78, 5) is 37.1. The molecular formula is C15H20N2O4. The molecule has 6 heteroatoms. The Kier molecular flexibility index (Phi) is 5.14. The van der Waals surface area contributed by atoms with Crippen molar-refractivity contribution in [3.63, 3.8) is 0 Å². The van der Waals surface area contributed by atoms with Crippen LogP contribution in [0, 0.1) is 0 Å². The van der Waals surface area contributed by atoms with E-state index in [1.807, 2.05) is 0 Å². The number of carbonyl (C=O) groups excluding carboxylic acids is 1. The number of unbranched alkanes of at least 4 members (excludes halogenated alkanes) is 1. The van der Waals surface area contributed by atoms with Crippen molar-refractivity contribution < 1.29 is 14.7 Å². The zero-order valence-corrected chi connectivity index (χ0v) is 11.9. The zero-order valence-electron chi connectivity index (χ0n) is 11.9. The summed E-state index contributed by atoms with van der Waals surface area (Å²) in [5, 5.41) is 11.2. The van der Waals surface area contributed by atoms with Crippen molar-refractivity contribution in [1.82, 2.24) is 10.3 Å². The first-order chi connectivity index (χ1) is 10.1. The number of aliphatic carboxylic acids is 1. The summed E-state index contributed by atoms with van der Waals surface area (Å²) in [7, 11) is 0. The first kappa shape index (κ1) is 15.3. The lowest BCUT2D eigenvalue weighted by atomic mass is 9.95. The lowest BCUT2D eigenvalue weighted by Gasteiger charge is -2.15. The first-order valence-electron chi connectivity index (χ1n) is 7.33. The highest BCUT2D eigenvalue weighted by Gasteiger charge is 2.16. The number of hydrogen-bond acceptors (Lipinski definition) is 3. The second kappa shape index (κ2) is 7.06. The molecule has 0 spiro atoms. The Morgan fingerprint density at radius 3 is 2.76 bits per heavy atom. The number of amides is 1. The molecule has 0 bridgehead atoms.